The van der Waals surface area contributed by atoms with Gasteiger partial charge in [-0.3, -0.25) is 4.79 Å². The lowest BCUT2D eigenvalue weighted by Gasteiger charge is -2.15. The van der Waals surface area contributed by atoms with Crippen molar-refractivity contribution in [1.29, 1.82) is 0 Å². The van der Waals surface area contributed by atoms with Crippen molar-refractivity contribution in [2.24, 2.45) is 11.5 Å². The molecule has 0 aliphatic carbocycles. The van der Waals surface area contributed by atoms with Gasteiger partial charge in [-0.1, -0.05) is 11.6 Å². The topological polar surface area (TPSA) is 110 Å². The van der Waals surface area contributed by atoms with Crippen LogP contribution in [0.1, 0.15) is 0 Å². The summed E-state index contributed by atoms with van der Waals surface area (Å²) < 4.78 is 0. The van der Waals surface area contributed by atoms with Gasteiger partial charge in [-0.05, 0) is 0 Å². The van der Waals surface area contributed by atoms with Crippen molar-refractivity contribution in [3.8, 4) is 0 Å². The monoisotopic (exact) mass is 217 g/mol. The van der Waals surface area contributed by atoms with Crippen LogP contribution in [0.2, 0.25) is 5.02 Å². The van der Waals surface area contributed by atoms with E-state index in [-0.39, 0.29) is 11.1 Å². The van der Waals surface area contributed by atoms with Crippen LogP contribution < -0.4 is 22.3 Å². The summed E-state index contributed by atoms with van der Waals surface area (Å²) in [5.74, 6) is 0. The van der Waals surface area contributed by atoms with Gasteiger partial charge in [-0.2, -0.15) is 5.10 Å². The molecule has 14 heavy (non-hydrogen) atoms. The molecule has 6 N–H and O–H groups in total. The largest absolute Gasteiger partial charge is 0.377 e. The van der Waals surface area contributed by atoms with Crippen LogP contribution in [0, 0.1) is 0 Å². The zero-order valence-corrected chi connectivity index (χ0v) is 8.21. The number of halogens is 1. The molecule has 0 saturated carbocycles. The Morgan fingerprint density at radius 3 is 2.79 bits per heavy atom. The quantitative estimate of drug-likeness (QED) is 0.524. The molecule has 0 aromatic carbocycles. The van der Waals surface area contributed by atoms with E-state index in [4.69, 9.17) is 23.1 Å². The maximum absolute atomic E-state index is 11.0. The summed E-state index contributed by atoms with van der Waals surface area (Å²) in [6.45, 7) is 0.721. The van der Waals surface area contributed by atoms with Gasteiger partial charge in [0.25, 0.3) is 5.56 Å². The molecule has 0 unspecified atom stereocenters. The van der Waals surface area contributed by atoms with Crippen LogP contribution in [-0.4, -0.2) is 29.3 Å². The fraction of sp³-hybridized carbons (Fsp3) is 0.429. The number of H-pyrrole nitrogens is 1. The van der Waals surface area contributed by atoms with Gasteiger partial charge >= 0.3 is 0 Å². The molecule has 78 valence electrons. The highest BCUT2D eigenvalue weighted by Gasteiger charge is 2.08. The Balaban J connectivity index is 2.86. The van der Waals surface area contributed by atoms with Gasteiger partial charge in [0, 0.05) is 13.1 Å². The third kappa shape index (κ3) is 2.44. The van der Waals surface area contributed by atoms with Crippen LogP contribution in [0.15, 0.2) is 11.0 Å². The molecular weight excluding hydrogens is 206 g/mol. The summed E-state index contributed by atoms with van der Waals surface area (Å²) in [6.07, 6.45) is 1.42. The number of nitrogens with zero attached hydrogens (tertiary/aromatic N) is 1. The number of rotatable bonds is 4. The lowest BCUT2D eigenvalue weighted by Crippen LogP contribution is -2.36. The van der Waals surface area contributed by atoms with Crippen molar-refractivity contribution in [3.63, 3.8) is 0 Å². The second-order valence-corrected chi connectivity index (χ2v) is 3.12. The number of aromatic amines is 1. The maximum Gasteiger partial charge on any atom is 0.285 e. The van der Waals surface area contributed by atoms with E-state index < -0.39 is 5.56 Å². The van der Waals surface area contributed by atoms with Gasteiger partial charge in [-0.15, -0.1) is 0 Å². The van der Waals surface area contributed by atoms with Crippen LogP contribution in [-0.2, 0) is 0 Å². The smallest absolute Gasteiger partial charge is 0.285 e. The summed E-state index contributed by atoms with van der Waals surface area (Å²) in [7, 11) is 0. The Hall–Kier alpha value is -1.11. The van der Waals surface area contributed by atoms with Crippen LogP contribution in [0.5, 0.6) is 0 Å². The number of nitrogens with two attached hydrogens (primary N) is 2. The van der Waals surface area contributed by atoms with E-state index in [0.29, 0.717) is 18.8 Å². The normalized spacial score (nSPS) is 10.6. The molecule has 0 radical (unpaired) electrons. The average Bonchev–Trinajstić information content (AvgIpc) is 2.20. The predicted octanol–water partition coefficient (Wildman–Crippen LogP) is -0.879. The van der Waals surface area contributed by atoms with Crippen molar-refractivity contribution in [1.82, 2.24) is 10.2 Å². The van der Waals surface area contributed by atoms with E-state index in [1.165, 1.54) is 6.20 Å². The number of hydrogen-bond donors (Lipinski definition) is 4. The predicted molar refractivity (Wildman–Crippen MR) is 55.4 cm³/mol. The molecule has 0 aliphatic heterocycles. The molecule has 0 aliphatic rings. The highest BCUT2D eigenvalue weighted by Crippen LogP contribution is 2.14. The molecule has 0 saturated heterocycles. The Morgan fingerprint density at radius 2 is 2.21 bits per heavy atom. The van der Waals surface area contributed by atoms with E-state index in [9.17, 15) is 4.79 Å². The Labute approximate surface area is 85.6 Å². The SMILES string of the molecule is NCC(CN)Nc1cn[nH]c(=O)c1Cl. The van der Waals surface area contributed by atoms with Crippen molar-refractivity contribution in [2.75, 3.05) is 18.4 Å². The summed E-state index contributed by atoms with van der Waals surface area (Å²) in [6, 6.07) is -0.115. The molecular formula is C7H12ClN5O. The van der Waals surface area contributed by atoms with Gasteiger partial charge in [0.2, 0.25) is 0 Å². The standard InChI is InChI=1S/C7H12ClN5O/c8-6-5(3-11-13-7(6)14)12-4(1-9)2-10/h3-4H,1-2,9-10H2,(H2,12,13,14). The van der Waals surface area contributed by atoms with Gasteiger partial charge in [0.1, 0.15) is 5.02 Å². The van der Waals surface area contributed by atoms with Gasteiger partial charge < -0.3 is 16.8 Å². The van der Waals surface area contributed by atoms with Crippen LogP contribution in [0.25, 0.3) is 0 Å². The Bertz CT molecular complexity index is 348. The molecule has 0 bridgehead atoms. The molecule has 1 rings (SSSR count). The highest BCUT2D eigenvalue weighted by atomic mass is 35.5. The van der Waals surface area contributed by atoms with Crippen LogP contribution in [0.4, 0.5) is 5.69 Å². The molecule has 1 aromatic heterocycles. The fourth-order valence-electron chi connectivity index (χ4n) is 0.918. The minimum absolute atomic E-state index is 0.0619. The lowest BCUT2D eigenvalue weighted by atomic mass is 10.3. The van der Waals surface area contributed by atoms with Gasteiger partial charge in [-0.25, -0.2) is 5.10 Å². The molecule has 6 nitrogen and oxygen atoms in total. The summed E-state index contributed by atoms with van der Waals surface area (Å²) >= 11 is 5.72. The first kappa shape index (κ1) is 11.0. The first-order chi connectivity index (χ1) is 6.69. The average molecular weight is 218 g/mol. The van der Waals surface area contributed by atoms with Crippen molar-refractivity contribution < 1.29 is 0 Å². The molecule has 0 amide bonds. The number of aromatic nitrogens is 2. The van der Waals surface area contributed by atoms with E-state index in [1.807, 2.05) is 0 Å². The van der Waals surface area contributed by atoms with Crippen LogP contribution in [0.3, 0.4) is 0 Å². The highest BCUT2D eigenvalue weighted by molar-refractivity contribution is 6.32. The summed E-state index contributed by atoms with van der Waals surface area (Å²) in [4.78, 5) is 11.0. The Kier molecular flexibility index (Phi) is 3.87. The van der Waals surface area contributed by atoms with Gasteiger partial charge in [0.05, 0.1) is 17.9 Å². The molecule has 0 atom stereocenters. The zero-order chi connectivity index (χ0) is 10.6. The molecule has 1 heterocycles. The van der Waals surface area contributed by atoms with E-state index in [0.717, 1.165) is 0 Å². The summed E-state index contributed by atoms with van der Waals surface area (Å²) in [5.41, 5.74) is 10.9. The third-order valence-electron chi connectivity index (χ3n) is 1.72. The zero-order valence-electron chi connectivity index (χ0n) is 7.46. The maximum atomic E-state index is 11.0. The molecule has 0 fully saturated rings. The fourth-order valence-corrected chi connectivity index (χ4v) is 1.06. The van der Waals surface area contributed by atoms with E-state index in [2.05, 4.69) is 15.5 Å². The minimum atomic E-state index is -0.440. The molecule has 1 aromatic rings. The first-order valence-corrected chi connectivity index (χ1v) is 4.46. The number of anilines is 1. The van der Waals surface area contributed by atoms with E-state index in [1.54, 1.807) is 0 Å². The molecule has 0 spiro atoms. The van der Waals surface area contributed by atoms with E-state index >= 15 is 0 Å². The third-order valence-corrected chi connectivity index (χ3v) is 2.10. The Morgan fingerprint density at radius 1 is 1.57 bits per heavy atom. The van der Waals surface area contributed by atoms with Crippen molar-refractivity contribution >= 4 is 17.3 Å². The number of hydrogen-bond acceptors (Lipinski definition) is 5. The minimum Gasteiger partial charge on any atom is -0.377 e. The lowest BCUT2D eigenvalue weighted by molar-refractivity contribution is 0.735. The second kappa shape index (κ2) is 4.94. The number of nitrogens with one attached hydrogen (secondary N) is 2. The van der Waals surface area contributed by atoms with Crippen LogP contribution >= 0.6 is 11.6 Å². The first-order valence-electron chi connectivity index (χ1n) is 4.09. The summed E-state index contributed by atoms with van der Waals surface area (Å²) in [5, 5.41) is 8.79. The second-order valence-electron chi connectivity index (χ2n) is 2.74. The van der Waals surface area contributed by atoms with Crippen molar-refractivity contribution in [3.05, 3.63) is 21.6 Å². The van der Waals surface area contributed by atoms with Gasteiger partial charge in [0.15, 0.2) is 0 Å². The van der Waals surface area contributed by atoms with Crippen molar-refractivity contribution in [2.45, 2.75) is 6.04 Å². The molecule has 7 heteroatoms.